The van der Waals surface area contributed by atoms with E-state index in [1.807, 2.05) is 13.8 Å². The van der Waals surface area contributed by atoms with Crippen LogP contribution in [0, 0.1) is 12.3 Å². The lowest BCUT2D eigenvalue weighted by Crippen LogP contribution is -2.48. The number of hydrogen-bond acceptors (Lipinski definition) is 3. The third kappa shape index (κ3) is 4.22. The summed E-state index contributed by atoms with van der Waals surface area (Å²) in [5, 5.41) is 2.83. The molecular weight excluding hydrogens is 240 g/mol. The molecule has 4 nitrogen and oxygen atoms in total. The summed E-state index contributed by atoms with van der Waals surface area (Å²) in [6.45, 7) is 3.82. The number of rotatable bonds is 6. The fraction of sp³-hybridized carbons (Fsp3) is 0.400. The van der Waals surface area contributed by atoms with Crippen LogP contribution in [0.5, 0.6) is 5.75 Å². The minimum atomic E-state index is -0.587. The minimum absolute atomic E-state index is 0.0765. The summed E-state index contributed by atoms with van der Waals surface area (Å²) in [5.41, 5.74) is 5.63. The SMILES string of the molecule is C#CC(CC)(CC)NC(=O)COc1cccc(N)c1. The van der Waals surface area contributed by atoms with Crippen molar-refractivity contribution in [1.29, 1.82) is 0 Å². The highest BCUT2D eigenvalue weighted by molar-refractivity contribution is 5.79. The molecule has 0 aliphatic carbocycles. The van der Waals surface area contributed by atoms with E-state index in [0.717, 1.165) is 0 Å². The first kappa shape index (κ1) is 14.9. The van der Waals surface area contributed by atoms with Gasteiger partial charge in [-0.05, 0) is 25.0 Å². The third-order valence-corrected chi connectivity index (χ3v) is 3.09. The average molecular weight is 260 g/mol. The molecule has 0 saturated heterocycles. The van der Waals surface area contributed by atoms with Gasteiger partial charge in [-0.15, -0.1) is 6.42 Å². The Hall–Kier alpha value is -2.15. The van der Waals surface area contributed by atoms with Crippen LogP contribution < -0.4 is 15.8 Å². The average Bonchev–Trinajstić information content (AvgIpc) is 2.43. The van der Waals surface area contributed by atoms with Crippen molar-refractivity contribution in [2.45, 2.75) is 32.2 Å². The number of ether oxygens (including phenoxy) is 1. The van der Waals surface area contributed by atoms with Gasteiger partial charge in [-0.25, -0.2) is 0 Å². The summed E-state index contributed by atoms with van der Waals surface area (Å²) < 4.78 is 5.37. The molecule has 0 fully saturated rings. The van der Waals surface area contributed by atoms with Gasteiger partial charge < -0.3 is 15.8 Å². The van der Waals surface area contributed by atoms with Crippen molar-refractivity contribution in [3.63, 3.8) is 0 Å². The van der Waals surface area contributed by atoms with Gasteiger partial charge in [-0.1, -0.05) is 25.8 Å². The fourth-order valence-electron chi connectivity index (χ4n) is 1.72. The van der Waals surface area contributed by atoms with Gasteiger partial charge in [0.25, 0.3) is 5.91 Å². The van der Waals surface area contributed by atoms with E-state index in [2.05, 4.69) is 11.2 Å². The third-order valence-electron chi connectivity index (χ3n) is 3.09. The van der Waals surface area contributed by atoms with Crippen LogP contribution in [0.2, 0.25) is 0 Å². The zero-order valence-corrected chi connectivity index (χ0v) is 11.4. The molecular formula is C15H20N2O2. The van der Waals surface area contributed by atoms with Crippen LogP contribution in [0.3, 0.4) is 0 Å². The molecule has 1 rings (SSSR count). The summed E-state index contributed by atoms with van der Waals surface area (Å²) in [7, 11) is 0. The summed E-state index contributed by atoms with van der Waals surface area (Å²) in [5.74, 6) is 2.98. The Kier molecular flexibility index (Phi) is 5.25. The van der Waals surface area contributed by atoms with Gasteiger partial charge in [0.1, 0.15) is 11.3 Å². The summed E-state index contributed by atoms with van der Waals surface area (Å²) >= 11 is 0. The van der Waals surface area contributed by atoms with E-state index in [-0.39, 0.29) is 12.5 Å². The molecule has 0 bridgehead atoms. The Morgan fingerprint density at radius 1 is 1.47 bits per heavy atom. The first-order chi connectivity index (χ1) is 9.05. The monoisotopic (exact) mass is 260 g/mol. The second kappa shape index (κ2) is 6.69. The first-order valence-corrected chi connectivity index (χ1v) is 6.32. The summed E-state index contributed by atoms with van der Waals surface area (Å²) in [4.78, 5) is 11.8. The zero-order valence-electron chi connectivity index (χ0n) is 11.4. The van der Waals surface area contributed by atoms with Gasteiger partial charge in [0.2, 0.25) is 0 Å². The van der Waals surface area contributed by atoms with Gasteiger partial charge in [0, 0.05) is 11.8 Å². The zero-order chi connectivity index (χ0) is 14.3. The highest BCUT2D eigenvalue weighted by Gasteiger charge is 2.25. The second-order valence-corrected chi connectivity index (χ2v) is 4.34. The smallest absolute Gasteiger partial charge is 0.259 e. The number of benzene rings is 1. The highest BCUT2D eigenvalue weighted by Crippen LogP contribution is 2.15. The van der Waals surface area contributed by atoms with Crippen LogP contribution in [0.1, 0.15) is 26.7 Å². The number of terminal acetylenes is 1. The van der Waals surface area contributed by atoms with Gasteiger partial charge >= 0.3 is 0 Å². The van der Waals surface area contributed by atoms with Gasteiger partial charge in [0.15, 0.2) is 6.61 Å². The molecule has 0 heterocycles. The van der Waals surface area contributed by atoms with Crippen molar-refractivity contribution in [2.75, 3.05) is 12.3 Å². The topological polar surface area (TPSA) is 64.3 Å². The van der Waals surface area contributed by atoms with Crippen molar-refractivity contribution >= 4 is 11.6 Å². The Morgan fingerprint density at radius 3 is 2.68 bits per heavy atom. The molecule has 0 unspecified atom stereocenters. The van der Waals surface area contributed by atoms with E-state index in [1.165, 1.54) is 0 Å². The number of nitrogen functional groups attached to an aromatic ring is 1. The number of anilines is 1. The Morgan fingerprint density at radius 2 is 2.16 bits per heavy atom. The molecule has 4 heteroatoms. The fourth-order valence-corrected chi connectivity index (χ4v) is 1.72. The van der Waals surface area contributed by atoms with Crippen molar-refractivity contribution in [2.24, 2.45) is 0 Å². The number of amides is 1. The van der Waals surface area contributed by atoms with Crippen molar-refractivity contribution in [3.05, 3.63) is 24.3 Å². The quantitative estimate of drug-likeness (QED) is 0.607. The van der Waals surface area contributed by atoms with Gasteiger partial charge in [-0.3, -0.25) is 4.79 Å². The summed E-state index contributed by atoms with van der Waals surface area (Å²) in [6, 6.07) is 6.94. The van der Waals surface area contributed by atoms with E-state index >= 15 is 0 Å². The van der Waals surface area contributed by atoms with Gasteiger partial charge in [-0.2, -0.15) is 0 Å². The standard InChI is InChI=1S/C15H20N2O2/c1-4-15(5-2,6-3)17-14(18)11-19-13-9-7-8-12(16)10-13/h1,7-10H,5-6,11,16H2,2-3H3,(H,17,18). The number of carbonyl (C=O) groups excluding carboxylic acids is 1. The highest BCUT2D eigenvalue weighted by atomic mass is 16.5. The van der Waals surface area contributed by atoms with Crippen LogP contribution >= 0.6 is 0 Å². The number of carbonyl (C=O) groups is 1. The Bertz CT molecular complexity index is 473. The molecule has 3 N–H and O–H groups in total. The van der Waals surface area contributed by atoms with Crippen molar-refractivity contribution < 1.29 is 9.53 Å². The second-order valence-electron chi connectivity index (χ2n) is 4.34. The van der Waals surface area contributed by atoms with Gasteiger partial charge in [0.05, 0.1) is 0 Å². The molecule has 102 valence electrons. The van der Waals surface area contributed by atoms with E-state index < -0.39 is 5.54 Å². The minimum Gasteiger partial charge on any atom is -0.484 e. The van der Waals surface area contributed by atoms with E-state index in [9.17, 15) is 4.79 Å². The molecule has 0 saturated carbocycles. The maximum atomic E-state index is 11.8. The van der Waals surface area contributed by atoms with Crippen molar-refractivity contribution in [1.82, 2.24) is 5.32 Å². The predicted molar refractivity (Wildman–Crippen MR) is 76.6 cm³/mol. The maximum absolute atomic E-state index is 11.8. The molecule has 1 amide bonds. The molecule has 0 aromatic heterocycles. The number of nitrogens with two attached hydrogens (primary N) is 1. The maximum Gasteiger partial charge on any atom is 0.259 e. The molecule has 0 aliphatic rings. The van der Waals surface area contributed by atoms with Crippen molar-refractivity contribution in [3.8, 4) is 18.1 Å². The molecule has 1 aromatic carbocycles. The molecule has 0 spiro atoms. The molecule has 0 aliphatic heterocycles. The number of hydrogen-bond donors (Lipinski definition) is 2. The lowest BCUT2D eigenvalue weighted by atomic mass is 9.94. The Balaban J connectivity index is 2.55. The summed E-state index contributed by atoms with van der Waals surface area (Å²) in [6.07, 6.45) is 6.85. The molecule has 0 atom stereocenters. The predicted octanol–water partition coefficient (Wildman–Crippen LogP) is 1.96. The molecule has 19 heavy (non-hydrogen) atoms. The normalized spacial score (nSPS) is 10.6. The van der Waals surface area contributed by atoms with Crippen LogP contribution in [-0.4, -0.2) is 18.1 Å². The largest absolute Gasteiger partial charge is 0.484 e. The van der Waals surface area contributed by atoms with E-state index in [1.54, 1.807) is 24.3 Å². The number of nitrogens with one attached hydrogen (secondary N) is 1. The first-order valence-electron chi connectivity index (χ1n) is 6.32. The van der Waals surface area contributed by atoms with E-state index in [0.29, 0.717) is 24.3 Å². The Labute approximate surface area is 114 Å². The van der Waals surface area contributed by atoms with Crippen LogP contribution in [0.15, 0.2) is 24.3 Å². The lowest BCUT2D eigenvalue weighted by molar-refractivity contribution is -0.124. The molecule has 0 radical (unpaired) electrons. The molecule has 1 aromatic rings. The lowest BCUT2D eigenvalue weighted by Gasteiger charge is -2.26. The van der Waals surface area contributed by atoms with Crippen LogP contribution in [0.4, 0.5) is 5.69 Å². The van der Waals surface area contributed by atoms with Crippen LogP contribution in [-0.2, 0) is 4.79 Å². The van der Waals surface area contributed by atoms with E-state index in [4.69, 9.17) is 16.9 Å². The van der Waals surface area contributed by atoms with Crippen LogP contribution in [0.25, 0.3) is 0 Å².